The van der Waals surface area contributed by atoms with Crippen LogP contribution in [0.4, 0.5) is 0 Å². The van der Waals surface area contributed by atoms with Gasteiger partial charge in [-0.15, -0.1) is 0 Å². The molecule has 0 aromatic heterocycles. The van der Waals surface area contributed by atoms with Gasteiger partial charge in [0.15, 0.2) is 0 Å². The number of nitrogens with one attached hydrogen (secondary N) is 1. The molecular formula is C17H20N2O2. The molecule has 1 aliphatic rings. The maximum atomic E-state index is 12.6. The molecule has 1 aromatic carbocycles. The summed E-state index contributed by atoms with van der Waals surface area (Å²) in [5.74, 6) is 4.82. The summed E-state index contributed by atoms with van der Waals surface area (Å²) in [6, 6.07) is 7.57. The number of piperidine rings is 1. The van der Waals surface area contributed by atoms with E-state index in [1.54, 1.807) is 6.92 Å². The molecule has 1 fully saturated rings. The summed E-state index contributed by atoms with van der Waals surface area (Å²) in [6.07, 6.45) is 1.77. The Morgan fingerprint density at radius 3 is 2.81 bits per heavy atom. The number of benzene rings is 1. The molecule has 0 radical (unpaired) electrons. The molecule has 4 heteroatoms. The summed E-state index contributed by atoms with van der Waals surface area (Å²) in [5, 5.41) is 2.86. The number of aryl methyl sites for hydroxylation is 1. The molecule has 1 unspecified atom stereocenters. The number of carbonyl (C=O) groups is 2. The van der Waals surface area contributed by atoms with E-state index in [1.165, 1.54) is 0 Å². The molecule has 0 saturated carbocycles. The third-order valence-corrected chi connectivity index (χ3v) is 3.66. The highest BCUT2D eigenvalue weighted by molar-refractivity contribution is 5.96. The van der Waals surface area contributed by atoms with Gasteiger partial charge in [0.1, 0.15) is 0 Å². The first-order chi connectivity index (χ1) is 10.1. The summed E-state index contributed by atoms with van der Waals surface area (Å²) < 4.78 is 0. The zero-order chi connectivity index (χ0) is 15.2. The largest absolute Gasteiger partial charge is 0.341 e. The third-order valence-electron chi connectivity index (χ3n) is 3.66. The SMILES string of the molecule is CC#CC(=O)NC1CCCN(C(=O)c2ccccc2C)C1. The van der Waals surface area contributed by atoms with Crippen molar-refractivity contribution in [3.63, 3.8) is 0 Å². The minimum atomic E-state index is -0.271. The number of nitrogens with zero attached hydrogens (tertiary/aromatic N) is 1. The van der Waals surface area contributed by atoms with Crippen molar-refractivity contribution in [2.45, 2.75) is 32.7 Å². The number of rotatable bonds is 2. The van der Waals surface area contributed by atoms with E-state index < -0.39 is 0 Å². The lowest BCUT2D eigenvalue weighted by molar-refractivity contribution is -0.116. The summed E-state index contributed by atoms with van der Waals surface area (Å²) >= 11 is 0. The van der Waals surface area contributed by atoms with Crippen LogP contribution in [0.15, 0.2) is 24.3 Å². The van der Waals surface area contributed by atoms with Gasteiger partial charge in [-0.05, 0) is 44.2 Å². The first kappa shape index (κ1) is 15.1. The lowest BCUT2D eigenvalue weighted by atomic mass is 10.0. The van der Waals surface area contributed by atoms with E-state index in [2.05, 4.69) is 17.2 Å². The fourth-order valence-electron chi connectivity index (χ4n) is 2.60. The molecule has 1 N–H and O–H groups in total. The van der Waals surface area contributed by atoms with Crippen molar-refractivity contribution in [3.05, 3.63) is 35.4 Å². The second kappa shape index (κ2) is 6.94. The minimum Gasteiger partial charge on any atom is -0.341 e. The normalized spacial score (nSPS) is 17.6. The predicted molar refractivity (Wildman–Crippen MR) is 81.7 cm³/mol. The van der Waals surface area contributed by atoms with Crippen LogP contribution in [0.5, 0.6) is 0 Å². The van der Waals surface area contributed by atoms with Gasteiger partial charge in [0.2, 0.25) is 0 Å². The standard InChI is InChI=1S/C17H20N2O2/c1-3-7-16(20)18-14-9-6-11-19(12-14)17(21)15-10-5-4-8-13(15)2/h4-5,8,10,14H,6,9,11-12H2,1-2H3,(H,18,20). The van der Waals surface area contributed by atoms with Crippen LogP contribution in [-0.2, 0) is 4.79 Å². The summed E-state index contributed by atoms with van der Waals surface area (Å²) in [7, 11) is 0. The fraction of sp³-hybridized carbons (Fsp3) is 0.412. The smallest absolute Gasteiger partial charge is 0.296 e. The van der Waals surface area contributed by atoms with E-state index in [0.717, 1.165) is 30.5 Å². The molecule has 1 saturated heterocycles. The minimum absolute atomic E-state index is 0.0138. The van der Waals surface area contributed by atoms with Crippen LogP contribution < -0.4 is 5.32 Å². The topological polar surface area (TPSA) is 49.4 Å². The Morgan fingerprint density at radius 2 is 2.10 bits per heavy atom. The van der Waals surface area contributed by atoms with Gasteiger partial charge in [-0.2, -0.15) is 0 Å². The van der Waals surface area contributed by atoms with Crippen molar-refractivity contribution < 1.29 is 9.59 Å². The highest BCUT2D eigenvalue weighted by atomic mass is 16.2. The van der Waals surface area contributed by atoms with E-state index in [1.807, 2.05) is 36.1 Å². The molecule has 1 aliphatic heterocycles. The number of likely N-dealkylation sites (tertiary alicyclic amines) is 1. The Morgan fingerprint density at radius 1 is 1.33 bits per heavy atom. The van der Waals surface area contributed by atoms with Gasteiger partial charge < -0.3 is 10.2 Å². The van der Waals surface area contributed by atoms with E-state index in [4.69, 9.17) is 0 Å². The summed E-state index contributed by atoms with van der Waals surface area (Å²) in [5.41, 5.74) is 1.71. The van der Waals surface area contributed by atoms with Crippen molar-refractivity contribution in [2.24, 2.45) is 0 Å². The van der Waals surface area contributed by atoms with Crippen molar-refractivity contribution in [1.29, 1.82) is 0 Å². The second-order valence-corrected chi connectivity index (χ2v) is 5.25. The van der Waals surface area contributed by atoms with Crippen LogP contribution in [-0.4, -0.2) is 35.8 Å². The van der Waals surface area contributed by atoms with Crippen LogP contribution in [0.1, 0.15) is 35.7 Å². The van der Waals surface area contributed by atoms with Crippen molar-refractivity contribution in [1.82, 2.24) is 10.2 Å². The zero-order valence-electron chi connectivity index (χ0n) is 12.5. The van der Waals surface area contributed by atoms with E-state index in [0.29, 0.717) is 6.54 Å². The average molecular weight is 284 g/mol. The summed E-state index contributed by atoms with van der Waals surface area (Å²) in [6.45, 7) is 4.85. The van der Waals surface area contributed by atoms with Gasteiger partial charge in [-0.3, -0.25) is 9.59 Å². The quantitative estimate of drug-likeness (QED) is 0.841. The molecule has 0 aliphatic carbocycles. The van der Waals surface area contributed by atoms with Gasteiger partial charge in [0.25, 0.3) is 11.8 Å². The zero-order valence-corrected chi connectivity index (χ0v) is 12.5. The monoisotopic (exact) mass is 284 g/mol. The number of carbonyl (C=O) groups excluding carboxylic acids is 2. The van der Waals surface area contributed by atoms with Crippen molar-refractivity contribution in [3.8, 4) is 11.8 Å². The maximum absolute atomic E-state index is 12.6. The number of amides is 2. The fourth-order valence-corrected chi connectivity index (χ4v) is 2.60. The lowest BCUT2D eigenvalue weighted by Crippen LogP contribution is -2.49. The van der Waals surface area contributed by atoms with Crippen molar-refractivity contribution in [2.75, 3.05) is 13.1 Å². The molecule has 0 spiro atoms. The number of hydrogen-bond donors (Lipinski definition) is 1. The lowest BCUT2D eigenvalue weighted by Gasteiger charge is -2.33. The molecule has 4 nitrogen and oxygen atoms in total. The first-order valence-electron chi connectivity index (χ1n) is 7.20. The van der Waals surface area contributed by atoms with Crippen LogP contribution in [0, 0.1) is 18.8 Å². The van der Waals surface area contributed by atoms with Gasteiger partial charge in [0.05, 0.1) is 0 Å². The highest BCUT2D eigenvalue weighted by Crippen LogP contribution is 2.16. The Hall–Kier alpha value is -2.28. The van der Waals surface area contributed by atoms with Gasteiger partial charge >= 0.3 is 0 Å². The second-order valence-electron chi connectivity index (χ2n) is 5.25. The Balaban J connectivity index is 2.03. The third kappa shape index (κ3) is 3.85. The molecule has 110 valence electrons. The molecule has 1 atom stereocenters. The van der Waals surface area contributed by atoms with Gasteiger partial charge in [0, 0.05) is 24.7 Å². The van der Waals surface area contributed by atoms with Crippen LogP contribution in [0.3, 0.4) is 0 Å². The van der Waals surface area contributed by atoms with Crippen molar-refractivity contribution >= 4 is 11.8 Å². The molecular weight excluding hydrogens is 264 g/mol. The number of hydrogen-bond acceptors (Lipinski definition) is 2. The van der Waals surface area contributed by atoms with Gasteiger partial charge in [-0.25, -0.2) is 0 Å². The summed E-state index contributed by atoms with van der Waals surface area (Å²) in [4.78, 5) is 25.9. The Labute approximate surface area is 125 Å². The van der Waals surface area contributed by atoms with Gasteiger partial charge in [-0.1, -0.05) is 24.1 Å². The molecule has 2 amide bonds. The molecule has 0 bridgehead atoms. The predicted octanol–water partition coefficient (Wildman–Crippen LogP) is 1.74. The van der Waals surface area contributed by atoms with Crippen LogP contribution >= 0.6 is 0 Å². The Kier molecular flexibility index (Phi) is 4.99. The first-order valence-corrected chi connectivity index (χ1v) is 7.20. The molecule has 1 heterocycles. The highest BCUT2D eigenvalue weighted by Gasteiger charge is 2.25. The molecule has 21 heavy (non-hydrogen) atoms. The average Bonchev–Trinajstić information content (AvgIpc) is 2.47. The maximum Gasteiger partial charge on any atom is 0.296 e. The van der Waals surface area contributed by atoms with E-state index in [9.17, 15) is 9.59 Å². The molecule has 1 aromatic rings. The van der Waals surface area contributed by atoms with Crippen LogP contribution in [0.25, 0.3) is 0 Å². The van der Waals surface area contributed by atoms with E-state index >= 15 is 0 Å². The van der Waals surface area contributed by atoms with E-state index in [-0.39, 0.29) is 17.9 Å². The Bertz CT molecular complexity index is 598. The molecule has 2 rings (SSSR count). The van der Waals surface area contributed by atoms with Crippen LogP contribution in [0.2, 0.25) is 0 Å².